The summed E-state index contributed by atoms with van der Waals surface area (Å²) in [7, 11) is 0. The third-order valence-electron chi connectivity index (χ3n) is 4.00. The number of piperidine rings is 1. The molecule has 0 bridgehead atoms. The molecule has 19 heavy (non-hydrogen) atoms. The van der Waals surface area contributed by atoms with Crippen molar-refractivity contribution in [1.82, 2.24) is 9.80 Å². The highest BCUT2D eigenvalue weighted by Gasteiger charge is 2.05. The first-order chi connectivity index (χ1) is 9.28. The van der Waals surface area contributed by atoms with Gasteiger partial charge in [0.05, 0.1) is 0 Å². The van der Waals surface area contributed by atoms with E-state index in [2.05, 4.69) is 37.5 Å². The summed E-state index contributed by atoms with van der Waals surface area (Å²) in [6, 6.07) is 0. The van der Waals surface area contributed by atoms with Gasteiger partial charge in [-0.1, -0.05) is 47.0 Å². The van der Waals surface area contributed by atoms with Gasteiger partial charge in [-0.3, -0.25) is 0 Å². The molecule has 0 aromatic rings. The second kappa shape index (κ2) is 14.3. The predicted octanol–water partition coefficient (Wildman–Crippen LogP) is 4.40. The summed E-state index contributed by atoms with van der Waals surface area (Å²) in [5.41, 5.74) is 0. The minimum absolute atomic E-state index is 1.22. The minimum Gasteiger partial charge on any atom is -0.304 e. The second-order valence-corrected chi connectivity index (χ2v) is 5.64. The highest BCUT2D eigenvalue weighted by atomic mass is 15.1. The standard InChI is InChI=1S/C10H23N.C7H15N/c1-4-7-9-11(6-3)10-8-5-2;1-2-8-6-4-3-5-7-8/h4-10H2,1-3H3;2-7H2,1H3. The van der Waals surface area contributed by atoms with Crippen LogP contribution in [0.4, 0.5) is 0 Å². The fourth-order valence-corrected chi connectivity index (χ4v) is 2.47. The first-order valence-electron chi connectivity index (χ1n) is 8.73. The first kappa shape index (κ1) is 18.9. The van der Waals surface area contributed by atoms with Gasteiger partial charge in [-0.2, -0.15) is 0 Å². The molecule has 1 heterocycles. The highest BCUT2D eigenvalue weighted by molar-refractivity contribution is 4.61. The van der Waals surface area contributed by atoms with Crippen LogP contribution in [0.2, 0.25) is 0 Å². The summed E-state index contributed by atoms with van der Waals surface area (Å²) in [5, 5.41) is 0. The molecular weight excluding hydrogens is 232 g/mol. The maximum atomic E-state index is 2.55. The second-order valence-electron chi connectivity index (χ2n) is 5.64. The highest BCUT2D eigenvalue weighted by Crippen LogP contribution is 2.06. The fraction of sp³-hybridized carbons (Fsp3) is 1.00. The summed E-state index contributed by atoms with van der Waals surface area (Å²) in [6.45, 7) is 16.8. The van der Waals surface area contributed by atoms with E-state index in [1.165, 1.54) is 84.2 Å². The van der Waals surface area contributed by atoms with Gasteiger partial charge in [0.25, 0.3) is 0 Å². The Balaban J connectivity index is 0.000000356. The summed E-state index contributed by atoms with van der Waals surface area (Å²) >= 11 is 0. The summed E-state index contributed by atoms with van der Waals surface area (Å²) in [4.78, 5) is 5.07. The van der Waals surface area contributed by atoms with Crippen LogP contribution < -0.4 is 0 Å². The summed E-state index contributed by atoms with van der Waals surface area (Å²) in [6.07, 6.45) is 9.67. The maximum absolute atomic E-state index is 2.55. The molecular formula is C17H38N2. The molecule has 2 heteroatoms. The minimum atomic E-state index is 1.22. The lowest BCUT2D eigenvalue weighted by Crippen LogP contribution is -2.29. The molecule has 0 saturated carbocycles. The van der Waals surface area contributed by atoms with Crippen molar-refractivity contribution in [3.8, 4) is 0 Å². The lowest BCUT2D eigenvalue weighted by Gasteiger charge is -2.24. The van der Waals surface area contributed by atoms with Crippen molar-refractivity contribution >= 4 is 0 Å². The topological polar surface area (TPSA) is 6.48 Å². The van der Waals surface area contributed by atoms with Gasteiger partial charge in [0.2, 0.25) is 0 Å². The Morgan fingerprint density at radius 2 is 1.32 bits per heavy atom. The van der Waals surface area contributed by atoms with Gasteiger partial charge < -0.3 is 9.80 Å². The average molecular weight is 271 g/mol. The molecule has 0 atom stereocenters. The number of hydrogen-bond donors (Lipinski definition) is 0. The predicted molar refractivity (Wildman–Crippen MR) is 87.9 cm³/mol. The molecule has 0 radical (unpaired) electrons. The van der Waals surface area contributed by atoms with E-state index in [1.54, 1.807) is 0 Å². The van der Waals surface area contributed by atoms with E-state index in [1.807, 2.05) is 0 Å². The smallest absolute Gasteiger partial charge is 0.00188 e. The van der Waals surface area contributed by atoms with Crippen LogP contribution in [0.1, 0.15) is 72.6 Å². The van der Waals surface area contributed by atoms with Crippen molar-refractivity contribution in [3.63, 3.8) is 0 Å². The van der Waals surface area contributed by atoms with E-state index in [4.69, 9.17) is 0 Å². The van der Waals surface area contributed by atoms with E-state index in [0.717, 1.165) is 0 Å². The Kier molecular flexibility index (Phi) is 14.3. The van der Waals surface area contributed by atoms with Crippen molar-refractivity contribution in [2.45, 2.75) is 72.6 Å². The van der Waals surface area contributed by atoms with E-state index in [-0.39, 0.29) is 0 Å². The number of nitrogens with zero attached hydrogens (tertiary/aromatic N) is 2. The van der Waals surface area contributed by atoms with E-state index >= 15 is 0 Å². The molecule has 0 aromatic heterocycles. The van der Waals surface area contributed by atoms with E-state index in [9.17, 15) is 0 Å². The summed E-state index contributed by atoms with van der Waals surface area (Å²) < 4.78 is 0. The first-order valence-corrected chi connectivity index (χ1v) is 8.73. The van der Waals surface area contributed by atoms with Gasteiger partial charge in [-0.25, -0.2) is 0 Å². The van der Waals surface area contributed by atoms with E-state index < -0.39 is 0 Å². The normalized spacial score (nSPS) is 16.3. The lowest BCUT2D eigenvalue weighted by atomic mass is 10.1. The summed E-state index contributed by atoms with van der Waals surface area (Å²) in [5.74, 6) is 0. The molecule has 1 saturated heterocycles. The zero-order chi connectivity index (χ0) is 14.3. The third kappa shape index (κ3) is 11.4. The molecule has 0 amide bonds. The Morgan fingerprint density at radius 1 is 0.789 bits per heavy atom. The van der Waals surface area contributed by atoms with Gasteiger partial charge >= 0.3 is 0 Å². The molecule has 116 valence electrons. The van der Waals surface area contributed by atoms with Crippen LogP contribution in [0, 0.1) is 0 Å². The quantitative estimate of drug-likeness (QED) is 0.645. The van der Waals surface area contributed by atoms with Crippen LogP contribution in [-0.4, -0.2) is 49.1 Å². The molecule has 1 aliphatic heterocycles. The Hall–Kier alpha value is -0.0800. The van der Waals surface area contributed by atoms with Crippen LogP contribution >= 0.6 is 0 Å². The van der Waals surface area contributed by atoms with Gasteiger partial charge in [-0.05, 0) is 65.0 Å². The Labute approximate surface area is 122 Å². The Morgan fingerprint density at radius 3 is 1.63 bits per heavy atom. The zero-order valence-corrected chi connectivity index (χ0v) is 14.1. The van der Waals surface area contributed by atoms with Gasteiger partial charge in [0, 0.05) is 0 Å². The molecule has 1 fully saturated rings. The zero-order valence-electron chi connectivity index (χ0n) is 14.1. The number of likely N-dealkylation sites (tertiary alicyclic amines) is 1. The van der Waals surface area contributed by atoms with Crippen LogP contribution in [0.15, 0.2) is 0 Å². The molecule has 0 unspecified atom stereocenters. The average Bonchev–Trinajstić information content (AvgIpc) is 2.49. The maximum Gasteiger partial charge on any atom is -0.00188 e. The third-order valence-corrected chi connectivity index (χ3v) is 4.00. The fourth-order valence-electron chi connectivity index (χ4n) is 2.47. The van der Waals surface area contributed by atoms with E-state index in [0.29, 0.717) is 0 Å². The SMILES string of the molecule is CCCCN(CC)CCCC.CCN1CCCCC1. The monoisotopic (exact) mass is 270 g/mol. The van der Waals surface area contributed by atoms with Crippen LogP contribution in [0.5, 0.6) is 0 Å². The molecule has 0 N–H and O–H groups in total. The number of rotatable bonds is 8. The lowest BCUT2D eigenvalue weighted by molar-refractivity contribution is 0.240. The largest absolute Gasteiger partial charge is 0.304 e. The molecule has 2 nitrogen and oxygen atoms in total. The molecule has 1 rings (SSSR count). The molecule has 0 aromatic carbocycles. The van der Waals surface area contributed by atoms with Crippen molar-refractivity contribution in [1.29, 1.82) is 0 Å². The molecule has 1 aliphatic rings. The van der Waals surface area contributed by atoms with Crippen LogP contribution in [-0.2, 0) is 0 Å². The van der Waals surface area contributed by atoms with Crippen LogP contribution in [0.25, 0.3) is 0 Å². The van der Waals surface area contributed by atoms with Gasteiger partial charge in [0.15, 0.2) is 0 Å². The van der Waals surface area contributed by atoms with Crippen LogP contribution in [0.3, 0.4) is 0 Å². The Bertz CT molecular complexity index is 157. The number of hydrogen-bond acceptors (Lipinski definition) is 2. The van der Waals surface area contributed by atoms with Crippen molar-refractivity contribution in [2.24, 2.45) is 0 Å². The van der Waals surface area contributed by atoms with Gasteiger partial charge in [-0.15, -0.1) is 0 Å². The van der Waals surface area contributed by atoms with Crippen molar-refractivity contribution < 1.29 is 0 Å². The molecule has 0 spiro atoms. The molecule has 0 aliphatic carbocycles. The van der Waals surface area contributed by atoms with Crippen molar-refractivity contribution in [2.75, 3.05) is 39.3 Å². The number of unbranched alkanes of at least 4 members (excludes halogenated alkanes) is 2. The van der Waals surface area contributed by atoms with Crippen molar-refractivity contribution in [3.05, 3.63) is 0 Å². The van der Waals surface area contributed by atoms with Gasteiger partial charge in [0.1, 0.15) is 0 Å².